The van der Waals surface area contributed by atoms with E-state index in [0.29, 0.717) is 0 Å². The van der Waals surface area contributed by atoms with Gasteiger partial charge in [-0.05, 0) is 0 Å². The molecule has 0 aliphatic rings. The summed E-state index contributed by atoms with van der Waals surface area (Å²) in [7, 11) is 0. The van der Waals surface area contributed by atoms with Crippen LogP contribution in [0.5, 0.6) is 0 Å². The molecule has 1 heteroatoms. The maximum atomic E-state index is 4.49. The van der Waals surface area contributed by atoms with Crippen molar-refractivity contribution in [2.24, 2.45) is 0 Å². The Morgan fingerprint density at radius 1 is 0.667 bits per heavy atom. The third kappa shape index (κ3) is 10.8. The number of allylic oxidation sites excluding steroid dienone is 1. The first-order valence-electron chi connectivity index (χ1n) is 9.80. The van der Waals surface area contributed by atoms with Crippen molar-refractivity contribution in [3.63, 3.8) is 0 Å². The maximum absolute atomic E-state index is 4.49. The average molecular weight is 401 g/mol. The van der Waals surface area contributed by atoms with Crippen molar-refractivity contribution in [1.82, 2.24) is 0 Å². The summed E-state index contributed by atoms with van der Waals surface area (Å²) < 4.78 is 6.42. The molecule has 0 aliphatic carbocycles. The van der Waals surface area contributed by atoms with E-state index in [2.05, 4.69) is 34.3 Å². The third-order valence-corrected chi connectivity index (χ3v) is 20.6. The topological polar surface area (TPSA) is 0 Å². The van der Waals surface area contributed by atoms with Crippen LogP contribution in [-0.4, -0.2) is 18.4 Å². The molecule has 0 aromatic carbocycles. The minimum atomic E-state index is -1.93. The Morgan fingerprint density at radius 2 is 1.10 bits per heavy atom. The fourth-order valence-electron chi connectivity index (χ4n) is 3.54. The van der Waals surface area contributed by atoms with E-state index in [1.807, 2.05) is 0 Å². The molecule has 0 N–H and O–H groups in total. The molecule has 0 saturated carbocycles. The molecule has 0 fully saturated rings. The summed E-state index contributed by atoms with van der Waals surface area (Å²) in [6.45, 7) is 13.9. The molecule has 0 nitrogen and oxygen atoms in total. The first kappa shape index (κ1) is 21.5. The Bertz CT molecular complexity index is 222. The molecule has 0 unspecified atom stereocenters. The second-order valence-corrected chi connectivity index (χ2v) is 21.0. The van der Waals surface area contributed by atoms with Crippen molar-refractivity contribution in [1.29, 1.82) is 0 Å². The van der Waals surface area contributed by atoms with Crippen LogP contribution >= 0.6 is 0 Å². The summed E-state index contributed by atoms with van der Waals surface area (Å²) >= 11 is -1.93. The number of hydrogen-bond acceptors (Lipinski definition) is 0. The zero-order valence-electron chi connectivity index (χ0n) is 15.6. The van der Waals surface area contributed by atoms with Gasteiger partial charge in [0.1, 0.15) is 0 Å². The molecule has 0 heterocycles. The second-order valence-electron chi connectivity index (χ2n) is 7.19. The van der Waals surface area contributed by atoms with Crippen LogP contribution in [0.3, 0.4) is 0 Å². The number of unbranched alkanes of at least 4 members (excludes halogenated alkanes) is 5. The van der Waals surface area contributed by atoms with Crippen LogP contribution in [0, 0.1) is 0 Å². The summed E-state index contributed by atoms with van der Waals surface area (Å²) in [5.41, 5.74) is 1.63. The molecule has 0 aromatic heterocycles. The van der Waals surface area contributed by atoms with Gasteiger partial charge >= 0.3 is 140 Å². The van der Waals surface area contributed by atoms with Gasteiger partial charge < -0.3 is 0 Å². The van der Waals surface area contributed by atoms with Gasteiger partial charge in [-0.25, -0.2) is 0 Å². The van der Waals surface area contributed by atoms with Crippen LogP contribution in [0.25, 0.3) is 0 Å². The van der Waals surface area contributed by atoms with Crippen LogP contribution in [-0.2, 0) is 0 Å². The molecule has 126 valence electrons. The van der Waals surface area contributed by atoms with Gasteiger partial charge in [0, 0.05) is 0 Å². The summed E-state index contributed by atoms with van der Waals surface area (Å²) in [4.78, 5) is 0. The molecule has 21 heavy (non-hydrogen) atoms. The van der Waals surface area contributed by atoms with Crippen LogP contribution in [0.2, 0.25) is 17.7 Å². The monoisotopic (exact) mass is 402 g/mol. The van der Waals surface area contributed by atoms with E-state index in [9.17, 15) is 0 Å². The van der Waals surface area contributed by atoms with Crippen molar-refractivity contribution < 1.29 is 0 Å². The Labute approximate surface area is 140 Å². The van der Waals surface area contributed by atoms with Gasteiger partial charge in [-0.2, -0.15) is 0 Å². The van der Waals surface area contributed by atoms with Crippen LogP contribution < -0.4 is 0 Å². The molecule has 0 rings (SSSR count). The molecule has 0 spiro atoms. The fraction of sp³-hybridized carbons (Fsp3) is 0.900. The van der Waals surface area contributed by atoms with Crippen molar-refractivity contribution in [3.8, 4) is 0 Å². The van der Waals surface area contributed by atoms with Gasteiger partial charge in [-0.15, -0.1) is 0 Å². The molecular weight excluding hydrogens is 359 g/mol. The number of rotatable bonds is 15. The molecular formula is C20H42Sn. The van der Waals surface area contributed by atoms with Crippen molar-refractivity contribution in [2.75, 3.05) is 0 Å². The Hall–Kier alpha value is 0.539. The SMILES string of the molecule is C=C(CCCCC)[CH2][Sn]([CH2]CCC)([CH2]CCC)[CH2]CCC. The summed E-state index contributed by atoms with van der Waals surface area (Å²) in [5, 5.41) is 0. The van der Waals surface area contributed by atoms with E-state index >= 15 is 0 Å². The summed E-state index contributed by atoms with van der Waals surface area (Å²) in [5.74, 6) is 0. The first-order chi connectivity index (χ1) is 10.1. The third-order valence-electron chi connectivity index (χ3n) is 4.94. The Balaban J connectivity index is 4.64. The van der Waals surface area contributed by atoms with Crippen LogP contribution in [0.15, 0.2) is 12.2 Å². The Morgan fingerprint density at radius 3 is 1.48 bits per heavy atom. The molecule has 0 atom stereocenters. The van der Waals surface area contributed by atoms with E-state index in [4.69, 9.17) is 0 Å². The van der Waals surface area contributed by atoms with Gasteiger partial charge in [0.25, 0.3) is 0 Å². The zero-order valence-corrected chi connectivity index (χ0v) is 18.5. The van der Waals surface area contributed by atoms with Gasteiger partial charge in [0.2, 0.25) is 0 Å². The second kappa shape index (κ2) is 14.2. The van der Waals surface area contributed by atoms with E-state index < -0.39 is 18.4 Å². The van der Waals surface area contributed by atoms with Crippen molar-refractivity contribution >= 4 is 18.4 Å². The Kier molecular flexibility index (Phi) is 14.5. The molecule has 0 amide bonds. The van der Waals surface area contributed by atoms with Crippen molar-refractivity contribution in [2.45, 2.75) is 110 Å². The quantitative estimate of drug-likeness (QED) is 0.148. The standard InChI is InChI=1S/C8H15.3C4H9.Sn/c1-4-5-6-7-8(2)3;3*1-3-4-2;/h2-7H2,1H3;3*1,3-4H2,2H3;. The fourth-order valence-corrected chi connectivity index (χ4v) is 20.2. The van der Waals surface area contributed by atoms with Gasteiger partial charge in [-0.3, -0.25) is 0 Å². The number of hydrogen-bond donors (Lipinski definition) is 0. The summed E-state index contributed by atoms with van der Waals surface area (Å²) in [6, 6.07) is 0. The van der Waals surface area contributed by atoms with Gasteiger partial charge in [-0.1, -0.05) is 0 Å². The first-order valence-corrected chi connectivity index (χ1v) is 17.9. The van der Waals surface area contributed by atoms with E-state index in [0.717, 1.165) is 0 Å². The van der Waals surface area contributed by atoms with Crippen LogP contribution in [0.1, 0.15) is 91.9 Å². The summed E-state index contributed by atoms with van der Waals surface area (Å²) in [6.07, 6.45) is 14.1. The van der Waals surface area contributed by atoms with E-state index in [-0.39, 0.29) is 0 Å². The molecule has 0 saturated heterocycles. The predicted molar refractivity (Wildman–Crippen MR) is 103 cm³/mol. The molecule has 0 aliphatic heterocycles. The van der Waals surface area contributed by atoms with Gasteiger partial charge in [0.05, 0.1) is 0 Å². The molecule has 0 bridgehead atoms. The zero-order chi connectivity index (χ0) is 16.0. The van der Waals surface area contributed by atoms with E-state index in [1.54, 1.807) is 18.9 Å². The molecule has 0 aromatic rings. The van der Waals surface area contributed by atoms with E-state index in [1.165, 1.54) is 68.6 Å². The average Bonchev–Trinajstić information content (AvgIpc) is 2.49. The van der Waals surface area contributed by atoms with Crippen LogP contribution in [0.4, 0.5) is 0 Å². The normalized spacial score (nSPS) is 11.8. The predicted octanol–water partition coefficient (Wildman–Crippen LogP) is 7.97. The van der Waals surface area contributed by atoms with Gasteiger partial charge in [0.15, 0.2) is 0 Å². The molecule has 0 radical (unpaired) electrons. The minimum absolute atomic E-state index is 1.32. The van der Waals surface area contributed by atoms with Crippen molar-refractivity contribution in [3.05, 3.63) is 12.2 Å².